The van der Waals surface area contributed by atoms with Crippen molar-refractivity contribution in [3.05, 3.63) is 128 Å². The fraction of sp³-hybridized carbons (Fsp3) is 0.0968. The molecule has 0 radical (unpaired) electrons. The lowest BCUT2D eigenvalue weighted by Crippen LogP contribution is -2.23. The normalized spacial score (nSPS) is 10.7. The molecule has 0 fully saturated rings. The number of aromatic nitrogens is 3. The summed E-state index contributed by atoms with van der Waals surface area (Å²) >= 11 is 0. The first-order valence-corrected chi connectivity index (χ1v) is 12.3. The topological polar surface area (TPSA) is 100 Å². The maximum Gasteiger partial charge on any atom is 0.335 e. The number of pyridine rings is 1. The number of H-pyrrole nitrogens is 1. The molecule has 3 aromatic carbocycles. The molecule has 2 aromatic heterocycles. The fourth-order valence-electron chi connectivity index (χ4n) is 4.49. The van der Waals surface area contributed by atoms with E-state index in [9.17, 15) is 19.5 Å². The highest BCUT2D eigenvalue weighted by Gasteiger charge is 2.20. The smallest absolute Gasteiger partial charge is 0.335 e. The molecule has 2 N–H and O–H groups in total. The minimum absolute atomic E-state index is 0.0441. The lowest BCUT2D eigenvalue weighted by atomic mass is 10.1. The highest BCUT2D eigenvalue weighted by molar-refractivity contribution is 5.88. The van der Waals surface area contributed by atoms with Gasteiger partial charge in [0, 0.05) is 19.8 Å². The number of hydrogen-bond acceptors (Lipinski definition) is 4. The largest absolute Gasteiger partial charge is 0.478 e. The molecule has 0 bridgehead atoms. The number of hydrogen-bond donors (Lipinski definition) is 2. The van der Waals surface area contributed by atoms with Crippen LogP contribution in [0.5, 0.6) is 0 Å². The number of rotatable bonds is 6. The summed E-state index contributed by atoms with van der Waals surface area (Å²) in [5, 5.41) is 12.8. The molecule has 8 nitrogen and oxygen atoms in total. The number of para-hydroxylation sites is 1. The maximum absolute atomic E-state index is 13.8. The minimum Gasteiger partial charge on any atom is -0.478 e. The number of anilines is 1. The van der Waals surface area contributed by atoms with Gasteiger partial charge in [-0.05, 0) is 72.7 Å². The van der Waals surface area contributed by atoms with E-state index < -0.39 is 11.5 Å². The Hall–Kier alpha value is -5.33. The zero-order valence-electron chi connectivity index (χ0n) is 21.7. The Morgan fingerprint density at radius 2 is 1.59 bits per heavy atom. The van der Waals surface area contributed by atoms with Gasteiger partial charge < -0.3 is 10.0 Å². The van der Waals surface area contributed by atoms with E-state index in [-0.39, 0.29) is 11.1 Å². The molecule has 0 aliphatic heterocycles. The van der Waals surface area contributed by atoms with Crippen molar-refractivity contribution >= 4 is 34.8 Å². The molecule has 0 spiro atoms. The first-order valence-electron chi connectivity index (χ1n) is 12.3. The summed E-state index contributed by atoms with van der Waals surface area (Å²) in [4.78, 5) is 41.0. The summed E-state index contributed by atoms with van der Waals surface area (Å²) in [7, 11) is 3.94. The van der Waals surface area contributed by atoms with E-state index >= 15 is 0 Å². The molecule has 0 unspecified atom stereocenters. The monoisotopic (exact) mass is 518 g/mol. The Balaban J connectivity index is 1.73. The summed E-state index contributed by atoms with van der Waals surface area (Å²) < 4.78 is 2.72. The number of benzene rings is 3. The van der Waals surface area contributed by atoms with Crippen molar-refractivity contribution in [3.8, 4) is 11.4 Å². The van der Waals surface area contributed by atoms with Crippen LogP contribution in [0.25, 0.3) is 34.6 Å². The van der Waals surface area contributed by atoms with Crippen LogP contribution in [-0.2, 0) is 0 Å². The Kier molecular flexibility index (Phi) is 6.63. The number of carboxylic acids is 1. The first kappa shape index (κ1) is 25.3. The van der Waals surface area contributed by atoms with Gasteiger partial charge in [0.2, 0.25) is 0 Å². The predicted molar refractivity (Wildman–Crippen MR) is 154 cm³/mol. The number of carbonyl (C=O) groups is 1. The molecular weight excluding hydrogens is 492 g/mol. The van der Waals surface area contributed by atoms with Crippen molar-refractivity contribution < 1.29 is 9.90 Å². The Labute approximate surface area is 224 Å². The zero-order chi connectivity index (χ0) is 27.7. The van der Waals surface area contributed by atoms with E-state index in [1.807, 2.05) is 61.5 Å². The molecule has 0 atom stereocenters. The van der Waals surface area contributed by atoms with Gasteiger partial charge in [0.25, 0.3) is 11.1 Å². The quantitative estimate of drug-likeness (QED) is 0.313. The molecule has 0 aliphatic carbocycles. The number of aryl methyl sites for hydroxylation is 1. The summed E-state index contributed by atoms with van der Waals surface area (Å²) in [5.41, 5.74) is 6.50. The average molecular weight is 519 g/mol. The van der Waals surface area contributed by atoms with Crippen LogP contribution >= 0.6 is 0 Å². The molecule has 194 valence electrons. The molecule has 39 heavy (non-hydrogen) atoms. The van der Waals surface area contributed by atoms with Crippen LogP contribution in [0.1, 0.15) is 27.0 Å². The molecular formula is C31H26N4O4. The highest BCUT2D eigenvalue weighted by Crippen LogP contribution is 2.21. The predicted octanol–water partition coefficient (Wildman–Crippen LogP) is 4.87. The molecule has 5 rings (SSSR count). The summed E-state index contributed by atoms with van der Waals surface area (Å²) in [6, 6.07) is 23.0. The van der Waals surface area contributed by atoms with E-state index in [2.05, 4.69) is 10.8 Å². The van der Waals surface area contributed by atoms with Crippen LogP contribution in [0.2, 0.25) is 0 Å². The summed E-state index contributed by atoms with van der Waals surface area (Å²) in [5.74, 6) is -1.10. The number of fused-ring (bicyclic) bond motifs is 1. The lowest BCUT2D eigenvalue weighted by Gasteiger charge is -2.11. The molecule has 0 saturated carbocycles. The molecule has 0 saturated heterocycles. The molecule has 0 amide bonds. The lowest BCUT2D eigenvalue weighted by molar-refractivity contribution is 0.0697. The summed E-state index contributed by atoms with van der Waals surface area (Å²) in [6.07, 6.45) is 3.38. The van der Waals surface area contributed by atoms with E-state index in [0.717, 1.165) is 11.3 Å². The van der Waals surface area contributed by atoms with Crippen molar-refractivity contribution in [2.45, 2.75) is 6.92 Å². The van der Waals surface area contributed by atoms with Crippen LogP contribution in [-0.4, -0.2) is 39.5 Å². The zero-order valence-corrected chi connectivity index (χ0v) is 21.7. The van der Waals surface area contributed by atoms with Gasteiger partial charge in [0.1, 0.15) is 5.65 Å². The second-order valence-electron chi connectivity index (χ2n) is 9.29. The van der Waals surface area contributed by atoms with Crippen LogP contribution in [0.4, 0.5) is 5.69 Å². The number of aromatic amines is 1. The van der Waals surface area contributed by atoms with Gasteiger partial charge in [-0.1, -0.05) is 36.4 Å². The highest BCUT2D eigenvalue weighted by atomic mass is 16.4. The molecule has 2 heterocycles. The van der Waals surface area contributed by atoms with Crippen molar-refractivity contribution in [1.82, 2.24) is 14.3 Å². The minimum atomic E-state index is -1.10. The molecule has 0 aliphatic rings. The Bertz CT molecular complexity index is 1890. The average Bonchev–Trinajstić information content (AvgIpc) is 3.28. The Morgan fingerprint density at radius 1 is 0.897 bits per heavy atom. The molecule has 8 heteroatoms. The number of nitrogens with one attached hydrogen (secondary N) is 1. The second-order valence-corrected chi connectivity index (χ2v) is 9.29. The molecule has 5 aromatic rings. The van der Waals surface area contributed by atoms with Crippen LogP contribution in [0, 0.1) is 6.92 Å². The van der Waals surface area contributed by atoms with Gasteiger partial charge in [0.15, 0.2) is 0 Å². The van der Waals surface area contributed by atoms with Crippen LogP contribution in [0.15, 0.2) is 94.2 Å². The standard InChI is InChI=1S/C31H26N4O4/c1-20-26(14-7-9-21-15-17-23(18-16-21)33(2)3)29(36)34(24-11-5-4-6-12-24)28-27(20)30(37)35(32-28)25-13-8-10-22(19-25)31(38)39/h4-6,8-19,32H,1-3H3,(H,38,39). The van der Waals surface area contributed by atoms with E-state index in [4.69, 9.17) is 0 Å². The first-order chi connectivity index (χ1) is 18.8. The fourth-order valence-corrected chi connectivity index (χ4v) is 4.49. The van der Waals surface area contributed by atoms with Gasteiger partial charge in [-0.15, -0.1) is 5.73 Å². The van der Waals surface area contributed by atoms with Gasteiger partial charge >= 0.3 is 5.97 Å². The SMILES string of the molecule is Cc1c(C=C=Cc2ccc(N(C)C)cc2)c(=O)n(-c2ccccc2)c2[nH]n(-c3cccc(C(=O)O)c3)c(=O)c12. The third kappa shape index (κ3) is 4.72. The third-order valence-corrected chi connectivity index (χ3v) is 6.56. The summed E-state index contributed by atoms with van der Waals surface area (Å²) in [6.45, 7) is 1.73. The number of carboxylic acid groups (broad SMARTS) is 1. The van der Waals surface area contributed by atoms with Gasteiger partial charge in [-0.2, -0.15) is 0 Å². The number of nitrogens with zero attached hydrogens (tertiary/aromatic N) is 3. The maximum atomic E-state index is 13.8. The van der Waals surface area contributed by atoms with E-state index in [1.54, 1.807) is 43.3 Å². The van der Waals surface area contributed by atoms with Crippen molar-refractivity contribution in [2.24, 2.45) is 0 Å². The van der Waals surface area contributed by atoms with Crippen LogP contribution < -0.4 is 16.0 Å². The van der Waals surface area contributed by atoms with E-state index in [0.29, 0.717) is 33.5 Å². The Morgan fingerprint density at radius 3 is 2.26 bits per heavy atom. The van der Waals surface area contributed by atoms with E-state index in [1.165, 1.54) is 21.4 Å². The van der Waals surface area contributed by atoms with Crippen molar-refractivity contribution in [3.63, 3.8) is 0 Å². The number of aromatic carboxylic acids is 1. The van der Waals surface area contributed by atoms with Gasteiger partial charge in [-0.3, -0.25) is 19.3 Å². The van der Waals surface area contributed by atoms with Crippen molar-refractivity contribution in [1.29, 1.82) is 0 Å². The second kappa shape index (κ2) is 10.2. The van der Waals surface area contributed by atoms with Gasteiger partial charge in [0.05, 0.1) is 27.9 Å². The van der Waals surface area contributed by atoms with Crippen LogP contribution in [0.3, 0.4) is 0 Å². The van der Waals surface area contributed by atoms with Gasteiger partial charge in [-0.25, -0.2) is 9.48 Å². The van der Waals surface area contributed by atoms with Crippen molar-refractivity contribution in [2.75, 3.05) is 19.0 Å². The third-order valence-electron chi connectivity index (χ3n) is 6.56.